The molecule has 0 aliphatic heterocycles. The minimum absolute atomic E-state index is 0.152. The molecule has 0 atom stereocenters. The molecule has 2 aromatic carbocycles. The van der Waals surface area contributed by atoms with Crippen molar-refractivity contribution in [3.05, 3.63) is 70.5 Å². The number of aromatic nitrogens is 3. The number of thioether (sulfide) groups is 2. The number of benzene rings is 2. The fourth-order valence-electron chi connectivity index (χ4n) is 2.63. The summed E-state index contributed by atoms with van der Waals surface area (Å²) >= 11 is 9.05. The minimum atomic E-state index is -0.563. The summed E-state index contributed by atoms with van der Waals surface area (Å²) in [6, 6.07) is 14.9. The third-order valence-electron chi connectivity index (χ3n) is 4.26. The standard InChI is InChI=1S/C21H21ClN4O3S2/c1-26-18(12-30-11-14-6-4-3-5-7-14)24-25-21(26)31-13-19(27)23-15-8-9-17(22)16(10-15)20(28)29-2/h3-10H,11-13H2,1-2H3,(H,23,27). The molecule has 0 bridgehead atoms. The van der Waals surface area contributed by atoms with Crippen molar-refractivity contribution >= 4 is 52.7 Å². The van der Waals surface area contributed by atoms with Gasteiger partial charge in [0.1, 0.15) is 5.82 Å². The molecule has 1 aromatic heterocycles. The van der Waals surface area contributed by atoms with Crippen molar-refractivity contribution < 1.29 is 14.3 Å². The van der Waals surface area contributed by atoms with Gasteiger partial charge in [-0.1, -0.05) is 53.7 Å². The summed E-state index contributed by atoms with van der Waals surface area (Å²) in [5, 5.41) is 12.1. The average Bonchev–Trinajstić information content (AvgIpc) is 3.13. The molecule has 162 valence electrons. The number of anilines is 1. The van der Waals surface area contributed by atoms with Gasteiger partial charge in [-0.25, -0.2) is 4.79 Å². The van der Waals surface area contributed by atoms with Gasteiger partial charge in [0, 0.05) is 18.5 Å². The highest BCUT2D eigenvalue weighted by atomic mass is 35.5. The summed E-state index contributed by atoms with van der Waals surface area (Å²) in [5.74, 6) is 1.83. The van der Waals surface area contributed by atoms with E-state index in [2.05, 4.69) is 27.6 Å². The third kappa shape index (κ3) is 6.49. The first kappa shape index (κ1) is 23.2. The number of methoxy groups -OCH3 is 1. The van der Waals surface area contributed by atoms with Gasteiger partial charge in [-0.2, -0.15) is 0 Å². The van der Waals surface area contributed by atoms with Gasteiger partial charge in [0.15, 0.2) is 5.16 Å². The Hall–Kier alpha value is -2.49. The SMILES string of the molecule is COC(=O)c1cc(NC(=O)CSc2nnc(CSCc3ccccc3)n2C)ccc1Cl. The average molecular weight is 477 g/mol. The smallest absolute Gasteiger partial charge is 0.339 e. The number of nitrogens with zero attached hydrogens (tertiary/aromatic N) is 3. The van der Waals surface area contributed by atoms with Crippen LogP contribution in [-0.2, 0) is 28.1 Å². The molecule has 1 N–H and O–H groups in total. The van der Waals surface area contributed by atoms with Gasteiger partial charge in [0.25, 0.3) is 0 Å². The Morgan fingerprint density at radius 3 is 2.65 bits per heavy atom. The van der Waals surface area contributed by atoms with Crippen LogP contribution in [0.15, 0.2) is 53.7 Å². The van der Waals surface area contributed by atoms with Crippen molar-refractivity contribution in [2.75, 3.05) is 18.2 Å². The number of halogens is 1. The number of nitrogens with one attached hydrogen (secondary N) is 1. The summed E-state index contributed by atoms with van der Waals surface area (Å²) in [7, 11) is 3.16. The van der Waals surface area contributed by atoms with Crippen LogP contribution in [0.3, 0.4) is 0 Å². The first-order chi connectivity index (χ1) is 15.0. The zero-order chi connectivity index (χ0) is 22.2. The number of ether oxygens (including phenoxy) is 1. The van der Waals surface area contributed by atoms with Crippen LogP contribution in [0.4, 0.5) is 5.69 Å². The fourth-order valence-corrected chi connectivity index (χ4v) is 4.52. The molecule has 0 radical (unpaired) electrons. The summed E-state index contributed by atoms with van der Waals surface area (Å²) in [4.78, 5) is 24.1. The van der Waals surface area contributed by atoms with Gasteiger partial charge in [0.2, 0.25) is 5.91 Å². The number of carbonyl (C=O) groups excluding carboxylic acids is 2. The van der Waals surface area contributed by atoms with E-state index in [-0.39, 0.29) is 22.2 Å². The van der Waals surface area contributed by atoms with Crippen LogP contribution in [0, 0.1) is 0 Å². The van der Waals surface area contributed by atoms with E-state index < -0.39 is 5.97 Å². The molecule has 0 spiro atoms. The highest BCUT2D eigenvalue weighted by molar-refractivity contribution is 7.99. The number of amides is 1. The lowest BCUT2D eigenvalue weighted by Crippen LogP contribution is -2.15. The largest absolute Gasteiger partial charge is 0.465 e. The normalized spacial score (nSPS) is 10.7. The molecule has 0 fully saturated rings. The summed E-state index contributed by atoms with van der Waals surface area (Å²) in [5.41, 5.74) is 1.92. The first-order valence-corrected chi connectivity index (χ1v) is 11.8. The Labute approximate surface area is 193 Å². The van der Waals surface area contributed by atoms with Crippen molar-refractivity contribution in [1.29, 1.82) is 0 Å². The van der Waals surface area contributed by atoms with Gasteiger partial charge in [0.05, 0.1) is 29.2 Å². The lowest BCUT2D eigenvalue weighted by atomic mass is 10.2. The van der Waals surface area contributed by atoms with Crippen LogP contribution < -0.4 is 5.32 Å². The molecule has 7 nitrogen and oxygen atoms in total. The second-order valence-corrected chi connectivity index (χ2v) is 8.79. The van der Waals surface area contributed by atoms with Gasteiger partial charge in [-0.05, 0) is 23.8 Å². The second kappa shape index (κ2) is 11.2. The topological polar surface area (TPSA) is 86.1 Å². The molecule has 0 saturated heterocycles. The van der Waals surface area contributed by atoms with Crippen LogP contribution >= 0.6 is 35.1 Å². The summed E-state index contributed by atoms with van der Waals surface area (Å²) in [6.45, 7) is 0. The van der Waals surface area contributed by atoms with E-state index in [4.69, 9.17) is 16.3 Å². The van der Waals surface area contributed by atoms with Crippen LogP contribution in [0.2, 0.25) is 5.02 Å². The maximum absolute atomic E-state index is 12.3. The Morgan fingerprint density at radius 2 is 1.90 bits per heavy atom. The Kier molecular flexibility index (Phi) is 8.39. The molecule has 10 heteroatoms. The van der Waals surface area contributed by atoms with E-state index >= 15 is 0 Å². The Balaban J connectivity index is 1.51. The van der Waals surface area contributed by atoms with Crippen molar-refractivity contribution in [1.82, 2.24) is 14.8 Å². The molecule has 3 rings (SSSR count). The molecule has 0 aliphatic rings. The van der Waals surface area contributed by atoms with Crippen molar-refractivity contribution in [3.8, 4) is 0 Å². The number of hydrogen-bond donors (Lipinski definition) is 1. The molecule has 0 unspecified atom stereocenters. The molecule has 0 saturated carbocycles. The second-order valence-electron chi connectivity index (χ2n) is 6.46. The van der Waals surface area contributed by atoms with E-state index in [0.717, 1.165) is 17.3 Å². The van der Waals surface area contributed by atoms with Crippen LogP contribution in [0.5, 0.6) is 0 Å². The van der Waals surface area contributed by atoms with Crippen molar-refractivity contribution in [2.24, 2.45) is 7.05 Å². The van der Waals surface area contributed by atoms with Crippen molar-refractivity contribution in [2.45, 2.75) is 16.7 Å². The van der Waals surface area contributed by atoms with E-state index in [0.29, 0.717) is 10.8 Å². The molecule has 1 heterocycles. The molecule has 0 aliphatic carbocycles. The first-order valence-electron chi connectivity index (χ1n) is 9.28. The Bertz CT molecular complexity index is 1060. The zero-order valence-corrected chi connectivity index (χ0v) is 19.4. The Morgan fingerprint density at radius 1 is 1.13 bits per heavy atom. The van der Waals surface area contributed by atoms with Gasteiger partial charge in [-0.3, -0.25) is 4.79 Å². The number of esters is 1. The van der Waals surface area contributed by atoms with Gasteiger partial charge < -0.3 is 14.6 Å². The lowest BCUT2D eigenvalue weighted by molar-refractivity contribution is -0.113. The highest BCUT2D eigenvalue weighted by Gasteiger charge is 2.14. The lowest BCUT2D eigenvalue weighted by Gasteiger charge is -2.08. The monoisotopic (exact) mass is 476 g/mol. The summed E-state index contributed by atoms with van der Waals surface area (Å²) < 4.78 is 6.59. The highest BCUT2D eigenvalue weighted by Crippen LogP contribution is 2.23. The maximum atomic E-state index is 12.3. The number of carbonyl (C=O) groups is 2. The van der Waals surface area contributed by atoms with E-state index in [1.807, 2.05) is 29.8 Å². The predicted molar refractivity (Wildman–Crippen MR) is 125 cm³/mol. The number of rotatable bonds is 9. The molecule has 31 heavy (non-hydrogen) atoms. The van der Waals surface area contributed by atoms with Crippen LogP contribution in [0.25, 0.3) is 0 Å². The van der Waals surface area contributed by atoms with E-state index in [1.54, 1.807) is 23.9 Å². The quantitative estimate of drug-likeness (QED) is 0.361. The predicted octanol–water partition coefficient (Wildman–Crippen LogP) is 4.42. The van der Waals surface area contributed by atoms with Gasteiger partial charge in [-0.15, -0.1) is 22.0 Å². The summed E-state index contributed by atoms with van der Waals surface area (Å²) in [6.07, 6.45) is 0. The zero-order valence-electron chi connectivity index (χ0n) is 17.0. The third-order valence-corrected chi connectivity index (χ3v) is 6.61. The molecular formula is C21H21ClN4O3S2. The van der Waals surface area contributed by atoms with Crippen molar-refractivity contribution in [3.63, 3.8) is 0 Å². The van der Waals surface area contributed by atoms with Crippen LogP contribution in [0.1, 0.15) is 21.7 Å². The minimum Gasteiger partial charge on any atom is -0.465 e. The molecule has 3 aromatic rings. The van der Waals surface area contributed by atoms with Gasteiger partial charge >= 0.3 is 5.97 Å². The molecular weight excluding hydrogens is 456 g/mol. The van der Waals surface area contributed by atoms with Crippen LogP contribution in [-0.4, -0.2) is 39.5 Å². The number of hydrogen-bond acceptors (Lipinski definition) is 7. The fraction of sp³-hybridized carbons (Fsp3) is 0.238. The maximum Gasteiger partial charge on any atom is 0.339 e. The van der Waals surface area contributed by atoms with E-state index in [1.165, 1.54) is 30.5 Å². The van der Waals surface area contributed by atoms with E-state index in [9.17, 15) is 9.59 Å². The molecule has 1 amide bonds.